The van der Waals surface area contributed by atoms with Crippen LogP contribution in [0.1, 0.15) is 25.0 Å². The maximum Gasteiger partial charge on any atom is 0.249 e. The monoisotopic (exact) mass is 277 g/mol. The van der Waals surface area contributed by atoms with Gasteiger partial charge in [-0.15, -0.1) is 0 Å². The number of benzene rings is 2. The van der Waals surface area contributed by atoms with Crippen molar-refractivity contribution in [2.24, 2.45) is 5.41 Å². The number of hydrazine groups is 1. The fourth-order valence-electron chi connectivity index (χ4n) is 2.48. The number of nitrogens with one attached hydrogen (secondary N) is 2. The standard InChI is InChI=1S/C17H15N3O/c1-17(2)15(19-20-16(17)21)9-11-7-8-12(10-18)14-6-4-3-5-13(11)14/h3-9,19H,1-2H3,(H,20,21)/b15-9-. The average Bonchev–Trinajstić information content (AvgIpc) is 2.74. The second kappa shape index (κ2) is 4.64. The third-order valence-electron chi connectivity index (χ3n) is 3.93. The van der Waals surface area contributed by atoms with Gasteiger partial charge >= 0.3 is 0 Å². The summed E-state index contributed by atoms with van der Waals surface area (Å²) in [5, 5.41) is 11.1. The molecule has 0 saturated carbocycles. The molecule has 1 amide bonds. The van der Waals surface area contributed by atoms with Crippen LogP contribution in [0.2, 0.25) is 0 Å². The van der Waals surface area contributed by atoms with Gasteiger partial charge in [0.05, 0.1) is 17.0 Å². The van der Waals surface area contributed by atoms with Crippen molar-refractivity contribution in [1.29, 1.82) is 5.26 Å². The molecule has 21 heavy (non-hydrogen) atoms. The number of fused-ring (bicyclic) bond motifs is 1. The van der Waals surface area contributed by atoms with E-state index in [4.69, 9.17) is 0 Å². The third kappa shape index (κ3) is 2.03. The molecule has 2 aromatic carbocycles. The van der Waals surface area contributed by atoms with Crippen LogP contribution in [0.5, 0.6) is 0 Å². The fraction of sp³-hybridized carbons (Fsp3) is 0.176. The molecule has 0 radical (unpaired) electrons. The van der Waals surface area contributed by atoms with Gasteiger partial charge in [0, 0.05) is 11.1 Å². The number of hydrogen-bond acceptors (Lipinski definition) is 3. The number of carbonyl (C=O) groups is 1. The van der Waals surface area contributed by atoms with Crippen LogP contribution in [0.4, 0.5) is 0 Å². The first-order valence-electron chi connectivity index (χ1n) is 6.74. The van der Waals surface area contributed by atoms with Crippen LogP contribution in [-0.4, -0.2) is 5.91 Å². The van der Waals surface area contributed by atoms with Crippen molar-refractivity contribution >= 4 is 22.8 Å². The van der Waals surface area contributed by atoms with E-state index in [0.29, 0.717) is 5.56 Å². The predicted octanol–water partition coefficient (Wildman–Crippen LogP) is 2.71. The van der Waals surface area contributed by atoms with Gasteiger partial charge in [-0.25, -0.2) is 0 Å². The number of carbonyl (C=O) groups excluding carboxylic acids is 1. The summed E-state index contributed by atoms with van der Waals surface area (Å²) >= 11 is 0. The molecule has 0 spiro atoms. The topological polar surface area (TPSA) is 64.9 Å². The van der Waals surface area contributed by atoms with Gasteiger partial charge in [-0.05, 0) is 36.9 Å². The Labute approximate surface area is 123 Å². The van der Waals surface area contributed by atoms with Gasteiger partial charge in [0.1, 0.15) is 0 Å². The maximum atomic E-state index is 11.8. The molecule has 2 aromatic rings. The molecule has 2 N–H and O–H groups in total. The summed E-state index contributed by atoms with van der Waals surface area (Å²) < 4.78 is 0. The lowest BCUT2D eigenvalue weighted by atomic mass is 9.88. The molecule has 0 atom stereocenters. The van der Waals surface area contributed by atoms with Crippen LogP contribution < -0.4 is 10.9 Å². The van der Waals surface area contributed by atoms with E-state index < -0.39 is 5.41 Å². The highest BCUT2D eigenvalue weighted by atomic mass is 16.2. The normalized spacial score (nSPS) is 18.3. The van der Waals surface area contributed by atoms with E-state index in [1.807, 2.05) is 56.3 Å². The van der Waals surface area contributed by atoms with E-state index in [-0.39, 0.29) is 5.91 Å². The summed E-state index contributed by atoms with van der Waals surface area (Å²) in [5.74, 6) is -0.0494. The third-order valence-corrected chi connectivity index (χ3v) is 3.93. The van der Waals surface area contributed by atoms with E-state index >= 15 is 0 Å². The fourth-order valence-corrected chi connectivity index (χ4v) is 2.48. The molecular weight excluding hydrogens is 262 g/mol. The van der Waals surface area contributed by atoms with Crippen molar-refractivity contribution in [1.82, 2.24) is 10.9 Å². The van der Waals surface area contributed by atoms with Crippen molar-refractivity contribution in [3.63, 3.8) is 0 Å². The summed E-state index contributed by atoms with van der Waals surface area (Å²) in [7, 11) is 0. The molecule has 1 saturated heterocycles. The Morgan fingerprint density at radius 3 is 2.43 bits per heavy atom. The lowest BCUT2D eigenvalue weighted by Gasteiger charge is -2.15. The smallest absolute Gasteiger partial charge is 0.249 e. The van der Waals surface area contributed by atoms with Gasteiger partial charge in [-0.2, -0.15) is 5.26 Å². The van der Waals surface area contributed by atoms with Gasteiger partial charge in [0.15, 0.2) is 0 Å². The van der Waals surface area contributed by atoms with Crippen molar-refractivity contribution in [2.45, 2.75) is 13.8 Å². The maximum absolute atomic E-state index is 11.8. The zero-order chi connectivity index (χ0) is 15.0. The highest BCUT2D eigenvalue weighted by Crippen LogP contribution is 2.31. The summed E-state index contributed by atoms with van der Waals surface area (Å²) in [5.41, 5.74) is 7.45. The minimum atomic E-state index is -0.588. The van der Waals surface area contributed by atoms with Gasteiger partial charge in [-0.1, -0.05) is 30.3 Å². The molecule has 4 nitrogen and oxygen atoms in total. The SMILES string of the molecule is CC1(C)C(=O)NN/C1=C\c1ccc(C#N)c2ccccc12. The summed E-state index contributed by atoms with van der Waals surface area (Å²) in [6, 6.07) is 13.7. The van der Waals surface area contributed by atoms with Gasteiger partial charge in [-0.3, -0.25) is 10.2 Å². The Morgan fingerprint density at radius 2 is 1.81 bits per heavy atom. The van der Waals surface area contributed by atoms with Crippen LogP contribution >= 0.6 is 0 Å². The molecule has 1 heterocycles. The molecule has 0 aliphatic carbocycles. The van der Waals surface area contributed by atoms with E-state index in [9.17, 15) is 10.1 Å². The van der Waals surface area contributed by atoms with Crippen molar-refractivity contribution in [2.75, 3.05) is 0 Å². The Bertz CT molecular complexity index is 812. The minimum Gasteiger partial charge on any atom is -0.302 e. The molecule has 1 aliphatic heterocycles. The van der Waals surface area contributed by atoms with E-state index in [1.54, 1.807) is 0 Å². The summed E-state index contributed by atoms with van der Waals surface area (Å²) in [6.07, 6.45) is 1.96. The average molecular weight is 277 g/mol. The number of hydrogen-bond donors (Lipinski definition) is 2. The van der Waals surface area contributed by atoms with E-state index in [0.717, 1.165) is 22.0 Å². The van der Waals surface area contributed by atoms with Crippen molar-refractivity contribution < 1.29 is 4.79 Å². The molecule has 0 aromatic heterocycles. The highest BCUT2D eigenvalue weighted by molar-refractivity contribution is 5.96. The Morgan fingerprint density at radius 1 is 1.10 bits per heavy atom. The molecule has 0 unspecified atom stereocenters. The summed E-state index contributed by atoms with van der Waals surface area (Å²) in [4.78, 5) is 11.8. The number of nitrogens with zero attached hydrogens (tertiary/aromatic N) is 1. The van der Waals surface area contributed by atoms with Crippen LogP contribution in [0.15, 0.2) is 42.1 Å². The highest BCUT2D eigenvalue weighted by Gasteiger charge is 2.37. The molecular formula is C17H15N3O. The first-order chi connectivity index (χ1) is 10.0. The van der Waals surface area contributed by atoms with Crippen molar-refractivity contribution in [3.8, 4) is 6.07 Å². The second-order valence-electron chi connectivity index (χ2n) is 5.62. The van der Waals surface area contributed by atoms with Gasteiger partial charge < -0.3 is 5.43 Å². The quantitative estimate of drug-likeness (QED) is 0.842. The van der Waals surface area contributed by atoms with E-state index in [2.05, 4.69) is 16.9 Å². The summed E-state index contributed by atoms with van der Waals surface area (Å²) in [6.45, 7) is 3.75. The molecule has 104 valence electrons. The Hall–Kier alpha value is -2.80. The molecule has 0 bridgehead atoms. The first-order valence-corrected chi connectivity index (χ1v) is 6.74. The van der Waals surface area contributed by atoms with Gasteiger partial charge in [0.25, 0.3) is 0 Å². The molecule has 1 fully saturated rings. The first kappa shape index (κ1) is 13.2. The second-order valence-corrected chi connectivity index (χ2v) is 5.62. The zero-order valence-electron chi connectivity index (χ0n) is 11.9. The number of nitriles is 1. The predicted molar refractivity (Wildman–Crippen MR) is 81.7 cm³/mol. The lowest BCUT2D eigenvalue weighted by molar-refractivity contribution is -0.125. The van der Waals surface area contributed by atoms with E-state index in [1.165, 1.54) is 0 Å². The molecule has 4 heteroatoms. The number of rotatable bonds is 1. The van der Waals surface area contributed by atoms with Crippen LogP contribution in [0.25, 0.3) is 16.8 Å². The minimum absolute atomic E-state index is 0.0494. The van der Waals surface area contributed by atoms with Crippen LogP contribution in [0, 0.1) is 16.7 Å². The Kier molecular flexibility index (Phi) is 2.91. The van der Waals surface area contributed by atoms with Crippen LogP contribution in [-0.2, 0) is 4.79 Å². The zero-order valence-corrected chi connectivity index (χ0v) is 11.9. The Balaban J connectivity index is 2.20. The largest absolute Gasteiger partial charge is 0.302 e. The van der Waals surface area contributed by atoms with Crippen LogP contribution in [0.3, 0.4) is 0 Å². The lowest BCUT2D eigenvalue weighted by Crippen LogP contribution is -2.28. The molecule has 1 aliphatic rings. The number of amides is 1. The van der Waals surface area contributed by atoms with Gasteiger partial charge in [0.2, 0.25) is 5.91 Å². The van der Waals surface area contributed by atoms with Crippen molar-refractivity contribution in [3.05, 3.63) is 53.2 Å². The molecule has 3 rings (SSSR count).